The van der Waals surface area contributed by atoms with Crippen molar-refractivity contribution >= 4 is 17.9 Å². The Hall–Kier alpha value is -1.20. The van der Waals surface area contributed by atoms with Crippen LogP contribution in [0.5, 0.6) is 0 Å². The van der Waals surface area contributed by atoms with Gasteiger partial charge in [0.15, 0.2) is 0 Å². The average Bonchev–Trinajstić information content (AvgIpc) is 2.15. The molecule has 0 aliphatic carbocycles. The van der Waals surface area contributed by atoms with Crippen LogP contribution in [0.4, 0.5) is 4.79 Å². The Morgan fingerprint density at radius 3 is 2.67 bits per heavy atom. The van der Waals surface area contributed by atoms with E-state index < -0.39 is 11.2 Å². The van der Waals surface area contributed by atoms with E-state index in [1.54, 1.807) is 0 Å². The fourth-order valence-electron chi connectivity index (χ4n) is 1.01. The van der Waals surface area contributed by atoms with Crippen LogP contribution in [-0.4, -0.2) is 16.3 Å². The molecule has 0 radical (unpaired) electrons. The highest BCUT2D eigenvalue weighted by Crippen LogP contribution is 2.26. The first-order valence-electron chi connectivity index (χ1n) is 4.38. The van der Waals surface area contributed by atoms with E-state index >= 15 is 0 Å². The van der Waals surface area contributed by atoms with Gasteiger partial charge in [-0.15, -0.1) is 0 Å². The third-order valence-corrected chi connectivity index (χ3v) is 2.74. The van der Waals surface area contributed by atoms with Gasteiger partial charge in [-0.25, -0.2) is 4.79 Å². The van der Waals surface area contributed by atoms with Crippen LogP contribution in [-0.2, 0) is 10.5 Å². The second-order valence-electron chi connectivity index (χ2n) is 3.09. The Labute approximate surface area is 92.4 Å². The molecule has 1 aromatic carbocycles. The lowest BCUT2D eigenvalue weighted by atomic mass is 10.2. The molecule has 0 fully saturated rings. The van der Waals surface area contributed by atoms with Gasteiger partial charge in [-0.05, 0) is 5.56 Å². The quantitative estimate of drug-likeness (QED) is 0.768. The predicted octanol–water partition coefficient (Wildman–Crippen LogP) is 1.68. The van der Waals surface area contributed by atoms with Crippen molar-refractivity contribution in [3.05, 3.63) is 35.9 Å². The molecule has 15 heavy (non-hydrogen) atoms. The summed E-state index contributed by atoms with van der Waals surface area (Å²) < 4.78 is 4.52. The minimum atomic E-state index is -1.58. The largest absolute Gasteiger partial charge is 0.408 e. The molecule has 0 saturated carbocycles. The maximum absolute atomic E-state index is 10.5. The van der Waals surface area contributed by atoms with Gasteiger partial charge in [0, 0.05) is 12.7 Å². The molecule has 0 aliphatic rings. The van der Waals surface area contributed by atoms with Gasteiger partial charge in [-0.2, -0.15) is 0 Å². The first-order valence-corrected chi connectivity index (χ1v) is 5.37. The molecule has 82 valence electrons. The molecule has 0 saturated heterocycles. The lowest BCUT2D eigenvalue weighted by molar-refractivity contribution is -0.0657. The summed E-state index contributed by atoms with van der Waals surface area (Å²) in [6, 6.07) is 9.56. The van der Waals surface area contributed by atoms with Crippen molar-refractivity contribution in [2.75, 3.05) is 0 Å². The predicted molar refractivity (Wildman–Crippen MR) is 59.0 cm³/mol. The third-order valence-electron chi connectivity index (χ3n) is 1.64. The monoisotopic (exact) mass is 227 g/mol. The Bertz CT molecular complexity index is 327. The molecule has 0 aliphatic heterocycles. The summed E-state index contributed by atoms with van der Waals surface area (Å²) in [6.07, 6.45) is -0.986. The average molecular weight is 227 g/mol. The molecule has 5 heteroatoms. The summed E-state index contributed by atoms with van der Waals surface area (Å²) in [5.74, 6) is 0.543. The molecule has 3 N–H and O–H groups in total. The van der Waals surface area contributed by atoms with Crippen LogP contribution in [0.15, 0.2) is 30.3 Å². The zero-order chi connectivity index (χ0) is 11.3. The van der Waals surface area contributed by atoms with Gasteiger partial charge in [0.1, 0.15) is 0 Å². The third kappa shape index (κ3) is 4.71. The Kier molecular flexibility index (Phi) is 3.99. The Balaban J connectivity index is 2.46. The van der Waals surface area contributed by atoms with Crippen molar-refractivity contribution in [2.24, 2.45) is 5.73 Å². The highest BCUT2D eigenvalue weighted by Gasteiger charge is 2.24. The summed E-state index contributed by atoms with van der Waals surface area (Å²) >= 11 is 1.09. The van der Waals surface area contributed by atoms with E-state index in [-0.39, 0.29) is 0 Å². The van der Waals surface area contributed by atoms with Crippen LogP contribution >= 0.6 is 11.8 Å². The Morgan fingerprint density at radius 1 is 1.53 bits per heavy atom. The van der Waals surface area contributed by atoms with Crippen molar-refractivity contribution < 1.29 is 14.6 Å². The number of primary amides is 1. The summed E-state index contributed by atoms with van der Waals surface area (Å²) in [7, 11) is 0. The second kappa shape index (κ2) is 5.04. The second-order valence-corrected chi connectivity index (χ2v) is 4.43. The summed E-state index contributed by atoms with van der Waals surface area (Å²) in [4.78, 5) is 10.5. The topological polar surface area (TPSA) is 72.6 Å². The van der Waals surface area contributed by atoms with Crippen molar-refractivity contribution in [1.29, 1.82) is 0 Å². The van der Waals surface area contributed by atoms with Gasteiger partial charge in [0.2, 0.25) is 0 Å². The minimum absolute atomic E-state index is 0.543. The summed E-state index contributed by atoms with van der Waals surface area (Å²) in [6.45, 7) is 1.38. The molecule has 0 aromatic heterocycles. The van der Waals surface area contributed by atoms with Crippen LogP contribution in [0.2, 0.25) is 0 Å². The summed E-state index contributed by atoms with van der Waals surface area (Å²) in [5.41, 5.74) is 5.85. The molecule has 0 spiro atoms. The van der Waals surface area contributed by atoms with Gasteiger partial charge in [0.05, 0.1) is 0 Å². The zero-order valence-electron chi connectivity index (χ0n) is 8.34. The molecular weight excluding hydrogens is 214 g/mol. The fourth-order valence-corrected chi connectivity index (χ4v) is 1.78. The van der Waals surface area contributed by atoms with Crippen molar-refractivity contribution in [2.45, 2.75) is 17.8 Å². The van der Waals surface area contributed by atoms with E-state index in [1.165, 1.54) is 6.92 Å². The highest BCUT2D eigenvalue weighted by molar-refractivity contribution is 7.99. The number of benzene rings is 1. The van der Waals surface area contributed by atoms with E-state index in [0.29, 0.717) is 5.75 Å². The van der Waals surface area contributed by atoms with E-state index in [1.807, 2.05) is 30.3 Å². The molecule has 1 aromatic rings. The van der Waals surface area contributed by atoms with Gasteiger partial charge in [0.25, 0.3) is 5.12 Å². The standard InChI is InChI=1S/C10H13NO3S/c1-10(13,14-9(11)12)15-7-8-5-3-2-4-6-8/h2-6,13H,7H2,1H3,(H2,11,12). The van der Waals surface area contributed by atoms with Crippen molar-refractivity contribution in [1.82, 2.24) is 0 Å². The van der Waals surface area contributed by atoms with E-state index in [0.717, 1.165) is 17.3 Å². The van der Waals surface area contributed by atoms with E-state index in [9.17, 15) is 9.90 Å². The van der Waals surface area contributed by atoms with Gasteiger partial charge in [-0.1, -0.05) is 42.1 Å². The summed E-state index contributed by atoms with van der Waals surface area (Å²) in [5, 5.41) is 8.00. The lowest BCUT2D eigenvalue weighted by Crippen LogP contribution is -2.30. The van der Waals surface area contributed by atoms with Crippen LogP contribution in [0, 0.1) is 0 Å². The fraction of sp³-hybridized carbons (Fsp3) is 0.300. The van der Waals surface area contributed by atoms with Crippen molar-refractivity contribution in [3.63, 3.8) is 0 Å². The molecular formula is C10H13NO3S. The molecule has 0 bridgehead atoms. The number of amides is 1. The molecule has 1 unspecified atom stereocenters. The molecule has 4 nitrogen and oxygen atoms in total. The number of rotatable bonds is 4. The van der Waals surface area contributed by atoms with Crippen LogP contribution in [0.3, 0.4) is 0 Å². The van der Waals surface area contributed by atoms with Crippen LogP contribution in [0.1, 0.15) is 12.5 Å². The Morgan fingerprint density at radius 2 is 2.13 bits per heavy atom. The van der Waals surface area contributed by atoms with Crippen molar-refractivity contribution in [3.8, 4) is 0 Å². The number of carbonyl (C=O) groups excluding carboxylic acids is 1. The number of nitrogens with two attached hydrogens (primary N) is 1. The molecule has 1 atom stereocenters. The van der Waals surface area contributed by atoms with Crippen LogP contribution < -0.4 is 5.73 Å². The lowest BCUT2D eigenvalue weighted by Gasteiger charge is -2.21. The number of carbonyl (C=O) groups is 1. The van der Waals surface area contributed by atoms with Gasteiger partial charge in [-0.3, -0.25) is 0 Å². The minimum Gasteiger partial charge on any atom is -0.408 e. The molecule has 1 rings (SSSR count). The molecule has 0 heterocycles. The SMILES string of the molecule is CC(O)(OC(N)=O)SCc1ccccc1. The maximum atomic E-state index is 10.5. The number of aliphatic hydroxyl groups is 1. The van der Waals surface area contributed by atoms with E-state index in [4.69, 9.17) is 5.73 Å². The smallest absolute Gasteiger partial charge is 0.407 e. The van der Waals surface area contributed by atoms with Crippen LogP contribution in [0.25, 0.3) is 0 Å². The normalized spacial score (nSPS) is 14.3. The number of hydrogen-bond acceptors (Lipinski definition) is 4. The highest BCUT2D eigenvalue weighted by atomic mass is 32.2. The van der Waals surface area contributed by atoms with E-state index in [2.05, 4.69) is 4.74 Å². The zero-order valence-corrected chi connectivity index (χ0v) is 9.16. The maximum Gasteiger partial charge on any atom is 0.407 e. The first-order chi connectivity index (χ1) is 6.99. The number of ether oxygens (including phenoxy) is 1. The number of thioether (sulfide) groups is 1. The van der Waals surface area contributed by atoms with Gasteiger partial charge < -0.3 is 15.6 Å². The first kappa shape index (κ1) is 11.9. The number of hydrogen-bond donors (Lipinski definition) is 2. The molecule has 1 amide bonds. The van der Waals surface area contributed by atoms with Gasteiger partial charge >= 0.3 is 6.09 Å².